The molecule has 0 atom stereocenters. The number of rotatable bonds is 7. The van der Waals surface area contributed by atoms with Crippen molar-refractivity contribution in [3.05, 3.63) is 303 Å². The van der Waals surface area contributed by atoms with Crippen molar-refractivity contribution in [3.8, 4) is 56.1 Å². The van der Waals surface area contributed by atoms with Gasteiger partial charge in [0.2, 0.25) is 0 Å². The molecule has 0 aliphatic carbocycles. The van der Waals surface area contributed by atoms with E-state index < -0.39 is 0 Å². The van der Waals surface area contributed by atoms with Crippen molar-refractivity contribution in [2.45, 2.75) is 0 Å². The molecule has 0 bridgehead atoms. The van der Waals surface area contributed by atoms with Gasteiger partial charge >= 0.3 is 0 Å². The fraction of sp³-hybridized carbons (Fsp3) is 0. The molecule has 0 fully saturated rings. The van der Waals surface area contributed by atoms with Crippen molar-refractivity contribution < 1.29 is 0 Å². The van der Waals surface area contributed by atoms with E-state index in [-0.39, 0.29) is 0 Å². The van der Waals surface area contributed by atoms with E-state index in [0.29, 0.717) is 0 Å². The van der Waals surface area contributed by atoms with E-state index in [9.17, 15) is 0 Å². The number of aromatic nitrogens is 4. The van der Waals surface area contributed by atoms with Gasteiger partial charge in [-0.15, -0.1) is 0 Å². The molecular formula is C80H50N4. The van der Waals surface area contributed by atoms with Crippen molar-refractivity contribution in [2.24, 2.45) is 0 Å². The van der Waals surface area contributed by atoms with E-state index in [0.717, 1.165) is 17.1 Å². The van der Waals surface area contributed by atoms with Crippen LogP contribution in [0.25, 0.3) is 165 Å². The maximum Gasteiger partial charge on any atom is 0.0619 e. The summed E-state index contributed by atoms with van der Waals surface area (Å²) >= 11 is 0. The standard InChI is InChI=1S/C80H50N4/c1-3-18-57(19-4-1)81-73-28-14-11-24-63(73)69-47-54(36-44-76(69)81)55-37-45-78-71(48-55)67-43-35-53-17-7-8-22-61(53)79(67)84(78)60-41-33-52(34-42-60)51-31-39-59(40-32-51)82-74-29-15-12-25-64(74)70-49-56(38-46-77(70)82)68-50-72-65-26-13-16-30-75(65)83(58-20-5-2-6-21-58)80(72)66-27-10-9-23-62(66)68/h1-50H. The first kappa shape index (κ1) is 46.5. The van der Waals surface area contributed by atoms with Gasteiger partial charge in [-0.1, -0.05) is 194 Å². The molecule has 14 aromatic carbocycles. The Morgan fingerprint density at radius 1 is 0.167 bits per heavy atom. The molecule has 18 aromatic rings. The summed E-state index contributed by atoms with van der Waals surface area (Å²) in [6.45, 7) is 0. The second kappa shape index (κ2) is 18.2. The van der Waals surface area contributed by atoms with Crippen LogP contribution in [-0.4, -0.2) is 18.3 Å². The number of benzene rings is 14. The predicted molar refractivity (Wildman–Crippen MR) is 355 cm³/mol. The van der Waals surface area contributed by atoms with Crippen molar-refractivity contribution in [1.29, 1.82) is 0 Å². The van der Waals surface area contributed by atoms with Gasteiger partial charge in [0.05, 0.1) is 44.1 Å². The Morgan fingerprint density at radius 3 is 1.08 bits per heavy atom. The Morgan fingerprint density at radius 2 is 0.512 bits per heavy atom. The molecule has 0 amide bonds. The Labute approximate surface area is 483 Å². The molecule has 0 radical (unpaired) electrons. The van der Waals surface area contributed by atoms with Crippen LogP contribution in [0.1, 0.15) is 0 Å². The highest BCUT2D eigenvalue weighted by molar-refractivity contribution is 6.23. The summed E-state index contributed by atoms with van der Waals surface area (Å²) in [7, 11) is 0. The monoisotopic (exact) mass is 1070 g/mol. The molecule has 4 heterocycles. The van der Waals surface area contributed by atoms with Crippen LogP contribution in [0.2, 0.25) is 0 Å². The average molecular weight is 1070 g/mol. The smallest absolute Gasteiger partial charge is 0.0619 e. The predicted octanol–water partition coefficient (Wildman–Crippen LogP) is 21.4. The summed E-state index contributed by atoms with van der Waals surface area (Å²) in [5.74, 6) is 0. The Balaban J connectivity index is 0.711. The third-order valence-electron chi connectivity index (χ3n) is 17.9. The Hall–Kier alpha value is -11.2. The van der Waals surface area contributed by atoms with Gasteiger partial charge in [-0.3, -0.25) is 0 Å². The van der Waals surface area contributed by atoms with Crippen LogP contribution < -0.4 is 0 Å². The number of nitrogens with zero attached hydrogens (tertiary/aromatic N) is 4. The van der Waals surface area contributed by atoms with Crippen LogP contribution in [0.3, 0.4) is 0 Å². The number of fused-ring (bicyclic) bond motifs is 16. The molecule has 0 aliphatic heterocycles. The molecule has 0 aliphatic rings. The third kappa shape index (κ3) is 6.89. The van der Waals surface area contributed by atoms with E-state index in [1.807, 2.05) is 0 Å². The van der Waals surface area contributed by atoms with Crippen LogP contribution >= 0.6 is 0 Å². The Bertz CT molecular complexity index is 5700. The van der Waals surface area contributed by atoms with Gasteiger partial charge in [-0.05, 0) is 153 Å². The molecule has 84 heavy (non-hydrogen) atoms. The van der Waals surface area contributed by atoms with Crippen LogP contribution in [0, 0.1) is 0 Å². The molecule has 4 heteroatoms. The highest BCUT2D eigenvalue weighted by Gasteiger charge is 2.22. The van der Waals surface area contributed by atoms with E-state index in [1.165, 1.54) is 148 Å². The van der Waals surface area contributed by atoms with Crippen LogP contribution in [-0.2, 0) is 0 Å². The summed E-state index contributed by atoms with van der Waals surface area (Å²) in [6, 6.07) is 112. The van der Waals surface area contributed by atoms with E-state index in [4.69, 9.17) is 0 Å². The van der Waals surface area contributed by atoms with Crippen LogP contribution in [0.15, 0.2) is 303 Å². The van der Waals surface area contributed by atoms with Gasteiger partial charge in [0.1, 0.15) is 0 Å². The molecule has 4 aromatic heterocycles. The lowest BCUT2D eigenvalue weighted by molar-refractivity contribution is 1.18. The largest absolute Gasteiger partial charge is 0.309 e. The first-order valence-corrected chi connectivity index (χ1v) is 29.0. The first-order valence-electron chi connectivity index (χ1n) is 29.0. The normalized spacial score (nSPS) is 12.0. The van der Waals surface area contributed by atoms with E-state index in [2.05, 4.69) is 322 Å². The summed E-state index contributed by atoms with van der Waals surface area (Å²) in [5, 5.41) is 14.9. The van der Waals surface area contributed by atoms with Gasteiger partial charge in [0, 0.05) is 76.6 Å². The van der Waals surface area contributed by atoms with Crippen molar-refractivity contribution in [3.63, 3.8) is 0 Å². The second-order valence-electron chi connectivity index (χ2n) is 22.4. The van der Waals surface area contributed by atoms with Gasteiger partial charge in [-0.25, -0.2) is 0 Å². The fourth-order valence-corrected chi connectivity index (χ4v) is 14.2. The molecule has 18 rings (SSSR count). The number of hydrogen-bond acceptors (Lipinski definition) is 0. The van der Waals surface area contributed by atoms with Gasteiger partial charge < -0.3 is 18.3 Å². The highest BCUT2D eigenvalue weighted by atomic mass is 15.0. The van der Waals surface area contributed by atoms with E-state index >= 15 is 0 Å². The SMILES string of the molecule is c1ccc(-n2c3ccccc3c3cc(-c4ccc5c(c4)c4ccc6ccccc6c4n5-c4ccc(-c5ccc(-n6c7ccccc7c7cc(-c8cc9c%10ccccc%10n(-c%10ccccc%10)c9c9ccccc89)ccc76)cc5)cc4)ccc32)cc1. The summed E-state index contributed by atoms with van der Waals surface area (Å²) in [6.07, 6.45) is 0. The minimum absolute atomic E-state index is 1.13. The molecule has 0 saturated carbocycles. The molecule has 0 saturated heterocycles. The zero-order valence-corrected chi connectivity index (χ0v) is 45.7. The third-order valence-corrected chi connectivity index (χ3v) is 17.9. The lowest BCUT2D eigenvalue weighted by Crippen LogP contribution is -1.95. The topological polar surface area (TPSA) is 19.7 Å². The zero-order chi connectivity index (χ0) is 55.0. The van der Waals surface area contributed by atoms with Crippen molar-refractivity contribution in [2.75, 3.05) is 0 Å². The molecule has 390 valence electrons. The molecule has 0 unspecified atom stereocenters. The molecule has 0 N–H and O–H groups in total. The summed E-state index contributed by atoms with van der Waals surface area (Å²) in [4.78, 5) is 0. The van der Waals surface area contributed by atoms with Crippen LogP contribution in [0.4, 0.5) is 0 Å². The lowest BCUT2D eigenvalue weighted by Gasteiger charge is -2.13. The minimum Gasteiger partial charge on any atom is -0.309 e. The maximum absolute atomic E-state index is 2.47. The van der Waals surface area contributed by atoms with Crippen molar-refractivity contribution in [1.82, 2.24) is 18.3 Å². The second-order valence-corrected chi connectivity index (χ2v) is 22.4. The first-order chi connectivity index (χ1) is 41.7. The van der Waals surface area contributed by atoms with Crippen LogP contribution in [0.5, 0.6) is 0 Å². The fourth-order valence-electron chi connectivity index (χ4n) is 14.2. The zero-order valence-electron chi connectivity index (χ0n) is 45.7. The number of para-hydroxylation sites is 5. The Kier molecular flexibility index (Phi) is 10.1. The molecular weight excluding hydrogens is 1020 g/mol. The van der Waals surface area contributed by atoms with Gasteiger partial charge in [0.15, 0.2) is 0 Å². The minimum atomic E-state index is 1.13. The van der Waals surface area contributed by atoms with E-state index in [1.54, 1.807) is 0 Å². The molecule has 4 nitrogen and oxygen atoms in total. The average Bonchev–Trinajstić information content (AvgIpc) is 2.03. The van der Waals surface area contributed by atoms with Crippen molar-refractivity contribution >= 4 is 109 Å². The molecule has 0 spiro atoms. The lowest BCUT2D eigenvalue weighted by atomic mass is 9.94. The van der Waals surface area contributed by atoms with Gasteiger partial charge in [0.25, 0.3) is 0 Å². The summed E-state index contributed by atoms with van der Waals surface area (Å²) < 4.78 is 9.72. The summed E-state index contributed by atoms with van der Waals surface area (Å²) in [5.41, 5.74) is 21.4. The maximum atomic E-state index is 2.47. The van der Waals surface area contributed by atoms with Gasteiger partial charge in [-0.2, -0.15) is 0 Å². The number of hydrogen-bond donors (Lipinski definition) is 0. The highest BCUT2D eigenvalue weighted by Crippen LogP contribution is 2.45. The quantitative estimate of drug-likeness (QED) is 0.152.